The Hall–Kier alpha value is -1.42. The molecule has 1 aliphatic heterocycles. The van der Waals surface area contributed by atoms with Crippen LogP contribution in [0.1, 0.15) is 0 Å². The average Bonchev–Trinajstić information content (AvgIpc) is 2.19. The predicted octanol–water partition coefficient (Wildman–Crippen LogP) is 2.37. The number of nitrogens with zero attached hydrogens (tertiary/aromatic N) is 2. The molecule has 2 rings (SSSR count). The molecule has 72 valence electrons. The van der Waals surface area contributed by atoms with Gasteiger partial charge in [0.1, 0.15) is 6.34 Å². The van der Waals surface area contributed by atoms with Gasteiger partial charge < -0.3 is 0 Å². The molecule has 0 spiro atoms. The lowest BCUT2D eigenvalue weighted by molar-refractivity contribution is 0.679. The van der Waals surface area contributed by atoms with E-state index in [1.165, 1.54) is 6.34 Å². The minimum Gasteiger partial charge on any atom is -0.244 e. The summed E-state index contributed by atoms with van der Waals surface area (Å²) < 4.78 is 16.3. The van der Waals surface area contributed by atoms with Gasteiger partial charge in [-0.3, -0.25) is 0 Å². The molecule has 0 saturated heterocycles. The molecule has 0 radical (unpaired) electrons. The van der Waals surface area contributed by atoms with Gasteiger partial charge in [-0.2, -0.15) is 4.36 Å². The molecular weight excluding hydrogens is 196 g/mol. The van der Waals surface area contributed by atoms with E-state index in [9.17, 15) is 4.21 Å². The number of hydrogen-bond donors (Lipinski definition) is 0. The molecule has 14 heavy (non-hydrogen) atoms. The number of fused-ring (bicyclic) bond motifs is 1. The van der Waals surface area contributed by atoms with Crippen molar-refractivity contribution in [2.24, 2.45) is 9.36 Å². The Morgan fingerprint density at radius 2 is 2.21 bits per heavy atom. The van der Waals surface area contributed by atoms with Crippen LogP contribution in [0.3, 0.4) is 0 Å². The third-order valence-electron chi connectivity index (χ3n) is 1.97. The van der Waals surface area contributed by atoms with Crippen molar-refractivity contribution in [1.82, 2.24) is 0 Å². The molecule has 0 fully saturated rings. The Kier molecular flexibility index (Phi) is 2.21. The van der Waals surface area contributed by atoms with Gasteiger partial charge in [-0.1, -0.05) is 18.2 Å². The molecule has 0 aromatic heterocycles. The first kappa shape index (κ1) is 9.15. The number of rotatable bonds is 2. The summed E-state index contributed by atoms with van der Waals surface area (Å²) in [6.45, 7) is 3.59. The molecule has 0 saturated carbocycles. The zero-order chi connectivity index (χ0) is 10.0. The van der Waals surface area contributed by atoms with Gasteiger partial charge in [-0.05, 0) is 12.1 Å². The minimum atomic E-state index is -2.34. The fourth-order valence-corrected chi connectivity index (χ4v) is 2.98. The predicted molar refractivity (Wildman–Crippen MR) is 58.5 cm³/mol. The van der Waals surface area contributed by atoms with Crippen molar-refractivity contribution in [3.05, 3.63) is 36.9 Å². The van der Waals surface area contributed by atoms with Crippen LogP contribution in [0.25, 0.3) is 0 Å². The summed E-state index contributed by atoms with van der Waals surface area (Å²) in [5.41, 5.74) is 0.745. The average molecular weight is 206 g/mol. The summed E-state index contributed by atoms with van der Waals surface area (Å²) in [6, 6.07) is 7.36. The molecule has 0 N–H and O–H groups in total. The number of aliphatic imine (C=N–C) groups is 1. The Bertz CT molecular complexity index is 511. The molecule has 1 unspecified atom stereocenters. The van der Waals surface area contributed by atoms with Crippen molar-refractivity contribution in [1.29, 1.82) is 0 Å². The first-order valence-corrected chi connectivity index (χ1v) is 5.91. The molecule has 0 bridgehead atoms. The molecule has 1 heterocycles. The lowest BCUT2D eigenvalue weighted by Gasteiger charge is -2.12. The first-order chi connectivity index (χ1) is 6.76. The van der Waals surface area contributed by atoms with E-state index < -0.39 is 9.73 Å². The normalized spacial score (nSPS) is 23.7. The van der Waals surface area contributed by atoms with E-state index in [0.29, 0.717) is 10.6 Å². The maximum absolute atomic E-state index is 12.3. The SMILES string of the molecule is C=CCS1(=O)=NC=Nc2ccccc21. The van der Waals surface area contributed by atoms with Gasteiger partial charge in [-0.15, -0.1) is 6.58 Å². The van der Waals surface area contributed by atoms with E-state index in [1.54, 1.807) is 12.1 Å². The first-order valence-electron chi connectivity index (χ1n) is 4.23. The van der Waals surface area contributed by atoms with Gasteiger partial charge >= 0.3 is 0 Å². The van der Waals surface area contributed by atoms with Gasteiger partial charge in [0.15, 0.2) is 0 Å². The Morgan fingerprint density at radius 3 is 3.00 bits per heavy atom. The van der Waals surface area contributed by atoms with Crippen molar-refractivity contribution >= 4 is 21.8 Å². The summed E-state index contributed by atoms with van der Waals surface area (Å²) in [4.78, 5) is 4.78. The van der Waals surface area contributed by atoms with Crippen LogP contribution in [0.4, 0.5) is 5.69 Å². The third kappa shape index (κ3) is 1.37. The highest BCUT2D eigenvalue weighted by molar-refractivity contribution is 7.94. The van der Waals surface area contributed by atoms with Crippen LogP contribution < -0.4 is 0 Å². The molecule has 0 amide bonds. The number of para-hydroxylation sites is 1. The Balaban J connectivity index is 2.68. The summed E-state index contributed by atoms with van der Waals surface area (Å²) >= 11 is 0. The van der Waals surface area contributed by atoms with Crippen LogP contribution >= 0.6 is 0 Å². The third-order valence-corrected chi connectivity index (χ3v) is 4.12. The van der Waals surface area contributed by atoms with Crippen molar-refractivity contribution < 1.29 is 4.21 Å². The molecule has 3 nitrogen and oxygen atoms in total. The highest BCUT2D eigenvalue weighted by Gasteiger charge is 2.16. The van der Waals surface area contributed by atoms with Gasteiger partial charge in [0, 0.05) is 0 Å². The Labute approximate surface area is 83.4 Å². The van der Waals surface area contributed by atoms with Gasteiger partial charge in [0.2, 0.25) is 0 Å². The van der Waals surface area contributed by atoms with Crippen LogP contribution in [0.5, 0.6) is 0 Å². The molecule has 0 aliphatic carbocycles. The number of hydrogen-bond acceptors (Lipinski definition) is 3. The lowest BCUT2D eigenvalue weighted by Crippen LogP contribution is -2.07. The monoisotopic (exact) mass is 206 g/mol. The van der Waals surface area contributed by atoms with Crippen molar-refractivity contribution in [2.45, 2.75) is 4.90 Å². The van der Waals surface area contributed by atoms with Gasteiger partial charge in [0.05, 0.1) is 26.1 Å². The number of benzene rings is 1. The second-order valence-electron chi connectivity index (χ2n) is 2.91. The maximum Gasteiger partial charge on any atom is 0.126 e. The van der Waals surface area contributed by atoms with E-state index in [2.05, 4.69) is 15.9 Å². The fourth-order valence-electron chi connectivity index (χ4n) is 1.34. The standard InChI is InChI=1S/C10H10N2OS/c1-2-7-14(13)10-6-4-3-5-9(10)11-8-12-14/h2-6,8H,1,7H2. The second-order valence-corrected chi connectivity index (χ2v) is 5.18. The molecule has 1 aromatic carbocycles. The van der Waals surface area contributed by atoms with E-state index in [-0.39, 0.29) is 0 Å². The van der Waals surface area contributed by atoms with Crippen LogP contribution in [0.2, 0.25) is 0 Å². The minimum absolute atomic E-state index is 0.371. The molecule has 4 heteroatoms. The molecule has 1 aromatic rings. The summed E-state index contributed by atoms with van der Waals surface area (Å²) in [6.07, 6.45) is 3.00. The van der Waals surface area contributed by atoms with E-state index in [0.717, 1.165) is 5.69 Å². The topological polar surface area (TPSA) is 41.8 Å². The molecule has 1 aliphatic rings. The van der Waals surface area contributed by atoms with Crippen molar-refractivity contribution in [2.75, 3.05) is 5.75 Å². The zero-order valence-corrected chi connectivity index (χ0v) is 8.41. The largest absolute Gasteiger partial charge is 0.244 e. The summed E-state index contributed by atoms with van der Waals surface area (Å²) in [5, 5.41) is 0. The van der Waals surface area contributed by atoms with Crippen LogP contribution in [-0.2, 0) is 9.73 Å². The van der Waals surface area contributed by atoms with Crippen molar-refractivity contribution in [3.8, 4) is 0 Å². The van der Waals surface area contributed by atoms with E-state index >= 15 is 0 Å². The van der Waals surface area contributed by atoms with E-state index in [4.69, 9.17) is 0 Å². The van der Waals surface area contributed by atoms with Gasteiger partial charge in [-0.25, -0.2) is 9.20 Å². The zero-order valence-electron chi connectivity index (χ0n) is 7.59. The highest BCUT2D eigenvalue weighted by Crippen LogP contribution is 2.28. The molecule has 1 atom stereocenters. The van der Waals surface area contributed by atoms with Gasteiger partial charge in [0.25, 0.3) is 0 Å². The maximum atomic E-state index is 12.3. The Morgan fingerprint density at radius 1 is 1.43 bits per heavy atom. The summed E-state index contributed by atoms with van der Waals surface area (Å²) in [5.74, 6) is 0.371. The lowest BCUT2D eigenvalue weighted by atomic mass is 10.3. The van der Waals surface area contributed by atoms with Crippen LogP contribution in [-0.4, -0.2) is 16.3 Å². The second kappa shape index (κ2) is 3.38. The molecular formula is C10H10N2OS. The highest BCUT2D eigenvalue weighted by atomic mass is 32.2. The quantitative estimate of drug-likeness (QED) is 0.685. The van der Waals surface area contributed by atoms with E-state index in [1.807, 2.05) is 18.2 Å². The summed E-state index contributed by atoms with van der Waals surface area (Å²) in [7, 11) is -2.34. The van der Waals surface area contributed by atoms with Crippen LogP contribution in [0, 0.1) is 0 Å². The smallest absolute Gasteiger partial charge is 0.126 e. The van der Waals surface area contributed by atoms with Crippen LogP contribution in [0.15, 0.2) is 51.2 Å². The fraction of sp³-hybridized carbons (Fsp3) is 0.100. The van der Waals surface area contributed by atoms with Crippen molar-refractivity contribution in [3.63, 3.8) is 0 Å².